The van der Waals surface area contributed by atoms with Crippen molar-refractivity contribution in [3.8, 4) is 11.5 Å². The molecule has 0 heterocycles. The highest BCUT2D eigenvalue weighted by molar-refractivity contribution is 6.32. The van der Waals surface area contributed by atoms with Crippen molar-refractivity contribution in [2.24, 2.45) is 0 Å². The van der Waals surface area contributed by atoms with Crippen LogP contribution < -0.4 is 14.8 Å². The summed E-state index contributed by atoms with van der Waals surface area (Å²) in [6.45, 7) is 5.92. The number of benzene rings is 1. The van der Waals surface area contributed by atoms with Crippen LogP contribution in [0, 0.1) is 0 Å². The van der Waals surface area contributed by atoms with Crippen LogP contribution >= 0.6 is 11.6 Å². The molecule has 0 unspecified atom stereocenters. The van der Waals surface area contributed by atoms with Gasteiger partial charge in [-0.2, -0.15) is 0 Å². The summed E-state index contributed by atoms with van der Waals surface area (Å²) in [7, 11) is 0. The fraction of sp³-hybridized carbons (Fsp3) is 0.375. The number of carbonyl (C=O) groups excluding carboxylic acids is 1. The van der Waals surface area contributed by atoms with E-state index in [0.717, 1.165) is 6.42 Å². The summed E-state index contributed by atoms with van der Waals surface area (Å²) in [6, 6.07) is 3.17. The zero-order valence-corrected chi connectivity index (χ0v) is 14.1. The largest absolute Gasteiger partial charge is 0.490 e. The molecule has 1 amide bonds. The van der Waals surface area contributed by atoms with Crippen molar-refractivity contribution < 1.29 is 24.2 Å². The molecule has 0 aliphatic heterocycles. The maximum absolute atomic E-state index is 11.2. The van der Waals surface area contributed by atoms with Crippen LogP contribution in [0.4, 0.5) is 0 Å². The lowest BCUT2D eigenvalue weighted by molar-refractivity contribution is -0.134. The molecule has 0 fully saturated rings. The highest BCUT2D eigenvalue weighted by Gasteiger charge is 2.14. The van der Waals surface area contributed by atoms with Gasteiger partial charge in [-0.3, -0.25) is 4.79 Å². The zero-order valence-electron chi connectivity index (χ0n) is 13.3. The molecule has 0 aromatic heterocycles. The number of ether oxygens (including phenoxy) is 2. The number of carboxylic acids is 1. The van der Waals surface area contributed by atoms with Gasteiger partial charge in [0.05, 0.1) is 18.2 Å². The molecule has 7 heteroatoms. The maximum atomic E-state index is 11.2. The summed E-state index contributed by atoms with van der Waals surface area (Å²) < 4.78 is 11.1. The van der Waals surface area contributed by atoms with Crippen LogP contribution in [0.2, 0.25) is 5.02 Å². The van der Waals surface area contributed by atoms with Gasteiger partial charge in [-0.1, -0.05) is 18.5 Å². The second-order valence-corrected chi connectivity index (χ2v) is 5.06. The summed E-state index contributed by atoms with van der Waals surface area (Å²) >= 11 is 6.21. The summed E-state index contributed by atoms with van der Waals surface area (Å²) in [4.78, 5) is 22.2. The molecule has 0 bridgehead atoms. The van der Waals surface area contributed by atoms with E-state index in [-0.39, 0.29) is 5.70 Å². The summed E-state index contributed by atoms with van der Waals surface area (Å²) in [5.41, 5.74) is 0.228. The fourth-order valence-electron chi connectivity index (χ4n) is 1.79. The molecule has 1 aromatic rings. The van der Waals surface area contributed by atoms with Crippen LogP contribution in [0.3, 0.4) is 0 Å². The van der Waals surface area contributed by atoms with Crippen LogP contribution in [-0.2, 0) is 9.59 Å². The molecule has 23 heavy (non-hydrogen) atoms. The average molecular weight is 342 g/mol. The van der Waals surface area contributed by atoms with Gasteiger partial charge >= 0.3 is 5.97 Å². The van der Waals surface area contributed by atoms with E-state index in [1.165, 1.54) is 13.0 Å². The van der Waals surface area contributed by atoms with Crippen molar-refractivity contribution in [2.75, 3.05) is 13.2 Å². The quantitative estimate of drug-likeness (QED) is 0.710. The van der Waals surface area contributed by atoms with E-state index in [1.54, 1.807) is 12.1 Å². The van der Waals surface area contributed by atoms with Gasteiger partial charge in [0.25, 0.3) is 0 Å². The highest BCUT2D eigenvalue weighted by Crippen LogP contribution is 2.37. The summed E-state index contributed by atoms with van der Waals surface area (Å²) in [5, 5.41) is 11.7. The third-order valence-corrected chi connectivity index (χ3v) is 2.92. The minimum absolute atomic E-state index is 0.252. The topological polar surface area (TPSA) is 84.9 Å². The first-order chi connectivity index (χ1) is 10.9. The van der Waals surface area contributed by atoms with Gasteiger partial charge in [-0.25, -0.2) is 4.79 Å². The molecule has 0 radical (unpaired) electrons. The first kappa shape index (κ1) is 18.8. The molecule has 0 saturated heterocycles. The minimum atomic E-state index is -1.25. The third kappa shape index (κ3) is 5.83. The summed E-state index contributed by atoms with van der Waals surface area (Å²) in [5.74, 6) is -0.880. The summed E-state index contributed by atoms with van der Waals surface area (Å²) in [6.07, 6.45) is 2.12. The Labute approximate surface area is 140 Å². The fourth-order valence-corrected chi connectivity index (χ4v) is 2.06. The molecule has 0 saturated carbocycles. The Kier molecular flexibility index (Phi) is 7.41. The molecule has 1 aromatic carbocycles. The van der Waals surface area contributed by atoms with Gasteiger partial charge in [-0.15, -0.1) is 0 Å². The van der Waals surface area contributed by atoms with E-state index in [4.69, 9.17) is 26.2 Å². The van der Waals surface area contributed by atoms with Crippen molar-refractivity contribution in [1.29, 1.82) is 0 Å². The molecular formula is C16H20ClNO5. The van der Waals surface area contributed by atoms with Gasteiger partial charge in [0, 0.05) is 6.92 Å². The van der Waals surface area contributed by atoms with Crippen LogP contribution in [0.15, 0.2) is 17.8 Å². The number of halogens is 1. The van der Waals surface area contributed by atoms with Gasteiger partial charge in [0.1, 0.15) is 5.70 Å². The SMILES string of the molecule is CCCOc1c(Cl)cc(C=C(NC(C)=O)C(=O)O)cc1OCC. The van der Waals surface area contributed by atoms with Crippen LogP contribution in [0.25, 0.3) is 6.08 Å². The van der Waals surface area contributed by atoms with E-state index in [9.17, 15) is 9.59 Å². The molecular weight excluding hydrogens is 322 g/mol. The number of nitrogens with one attached hydrogen (secondary N) is 1. The molecule has 0 spiro atoms. The second-order valence-electron chi connectivity index (χ2n) is 4.66. The Morgan fingerprint density at radius 3 is 2.52 bits per heavy atom. The average Bonchev–Trinajstić information content (AvgIpc) is 2.45. The van der Waals surface area contributed by atoms with Crippen molar-refractivity contribution in [3.05, 3.63) is 28.4 Å². The second kappa shape index (κ2) is 9.05. The first-order valence-electron chi connectivity index (χ1n) is 7.20. The van der Waals surface area contributed by atoms with E-state index in [2.05, 4.69) is 5.32 Å². The Balaban J connectivity index is 3.26. The molecule has 0 aliphatic carbocycles. The normalized spacial score (nSPS) is 11.0. The van der Waals surface area contributed by atoms with Crippen molar-refractivity contribution in [1.82, 2.24) is 5.32 Å². The van der Waals surface area contributed by atoms with E-state index in [0.29, 0.717) is 35.3 Å². The van der Waals surface area contributed by atoms with E-state index < -0.39 is 11.9 Å². The molecule has 1 rings (SSSR count). The smallest absolute Gasteiger partial charge is 0.352 e. The number of hydrogen-bond donors (Lipinski definition) is 2. The number of aliphatic carboxylic acids is 1. The number of amides is 1. The molecule has 2 N–H and O–H groups in total. The zero-order chi connectivity index (χ0) is 17.4. The standard InChI is InChI=1S/C16H20ClNO5/c1-4-6-23-15-12(17)7-11(9-14(15)22-5-2)8-13(16(20)21)18-10(3)19/h7-9H,4-6H2,1-3H3,(H,18,19)(H,20,21). The molecule has 6 nitrogen and oxygen atoms in total. The van der Waals surface area contributed by atoms with Crippen LogP contribution in [0.5, 0.6) is 11.5 Å². The number of carbonyl (C=O) groups is 2. The van der Waals surface area contributed by atoms with Gasteiger partial charge < -0.3 is 19.9 Å². The Bertz CT molecular complexity index is 613. The number of hydrogen-bond acceptors (Lipinski definition) is 4. The predicted octanol–water partition coefficient (Wildman–Crippen LogP) is 3.09. The monoisotopic (exact) mass is 341 g/mol. The van der Waals surface area contributed by atoms with Gasteiger partial charge in [-0.05, 0) is 37.1 Å². The predicted molar refractivity (Wildman–Crippen MR) is 87.8 cm³/mol. The van der Waals surface area contributed by atoms with Crippen molar-refractivity contribution >= 4 is 29.6 Å². The molecule has 0 aliphatic rings. The maximum Gasteiger partial charge on any atom is 0.352 e. The lowest BCUT2D eigenvalue weighted by atomic mass is 10.1. The first-order valence-corrected chi connectivity index (χ1v) is 7.58. The lowest BCUT2D eigenvalue weighted by Gasteiger charge is -2.14. The van der Waals surface area contributed by atoms with Crippen LogP contribution in [0.1, 0.15) is 32.8 Å². The van der Waals surface area contributed by atoms with Crippen LogP contribution in [-0.4, -0.2) is 30.2 Å². The van der Waals surface area contributed by atoms with Gasteiger partial charge in [0.2, 0.25) is 5.91 Å². The Morgan fingerprint density at radius 1 is 1.30 bits per heavy atom. The van der Waals surface area contributed by atoms with Crippen molar-refractivity contribution in [2.45, 2.75) is 27.2 Å². The number of rotatable bonds is 8. The molecule has 0 atom stereocenters. The Hall–Kier alpha value is -2.21. The van der Waals surface area contributed by atoms with E-state index in [1.807, 2.05) is 13.8 Å². The number of carboxylic acid groups (broad SMARTS) is 1. The Morgan fingerprint density at radius 2 is 2.00 bits per heavy atom. The van der Waals surface area contributed by atoms with E-state index >= 15 is 0 Å². The van der Waals surface area contributed by atoms with Crippen molar-refractivity contribution in [3.63, 3.8) is 0 Å². The highest BCUT2D eigenvalue weighted by atomic mass is 35.5. The third-order valence-electron chi connectivity index (χ3n) is 2.63. The lowest BCUT2D eigenvalue weighted by Crippen LogP contribution is -2.24. The molecule has 126 valence electrons. The van der Waals surface area contributed by atoms with Gasteiger partial charge in [0.15, 0.2) is 11.5 Å². The minimum Gasteiger partial charge on any atom is -0.490 e.